The van der Waals surface area contributed by atoms with Crippen LogP contribution in [0.1, 0.15) is 40.8 Å². The number of nitrogens with zero attached hydrogens (tertiary/aromatic N) is 5. The molecule has 1 saturated heterocycles. The van der Waals surface area contributed by atoms with Crippen molar-refractivity contribution in [3.8, 4) is 0 Å². The number of likely N-dealkylation sites (tertiary alicyclic amines) is 1. The van der Waals surface area contributed by atoms with Crippen molar-refractivity contribution in [1.82, 2.24) is 29.4 Å². The highest BCUT2D eigenvalue weighted by atomic mass is 32.1. The molecule has 26 heavy (non-hydrogen) atoms. The number of aromatic nitrogens is 5. The van der Waals surface area contributed by atoms with Crippen molar-refractivity contribution in [2.24, 2.45) is 0 Å². The number of carbonyl (C=O) groups is 1. The van der Waals surface area contributed by atoms with Crippen molar-refractivity contribution in [2.45, 2.75) is 25.3 Å². The van der Waals surface area contributed by atoms with E-state index in [9.17, 15) is 9.59 Å². The van der Waals surface area contributed by atoms with Crippen molar-refractivity contribution in [1.29, 1.82) is 0 Å². The lowest BCUT2D eigenvalue weighted by Gasteiger charge is -2.32. The molecule has 0 unspecified atom stereocenters. The summed E-state index contributed by atoms with van der Waals surface area (Å²) in [6.07, 6.45) is 8.15. The molecular formula is C17H18N6O2S. The fourth-order valence-electron chi connectivity index (χ4n) is 3.30. The molecule has 0 radical (unpaired) electrons. The number of piperidine rings is 1. The summed E-state index contributed by atoms with van der Waals surface area (Å²) in [7, 11) is 0. The van der Waals surface area contributed by atoms with Crippen LogP contribution in [0.25, 0.3) is 0 Å². The maximum atomic E-state index is 12.7. The number of carbonyl (C=O) groups excluding carboxylic acids is 1. The van der Waals surface area contributed by atoms with Crippen LogP contribution in [-0.4, -0.2) is 48.4 Å². The molecule has 0 aliphatic carbocycles. The molecule has 1 aliphatic rings. The molecule has 0 bridgehead atoms. The van der Waals surface area contributed by atoms with Gasteiger partial charge in [0.05, 0.1) is 23.9 Å². The van der Waals surface area contributed by atoms with Gasteiger partial charge in [-0.1, -0.05) is 0 Å². The molecule has 0 aromatic carbocycles. The number of imidazole rings is 1. The van der Waals surface area contributed by atoms with Crippen LogP contribution in [0, 0.1) is 0 Å². The Morgan fingerprint density at radius 1 is 1.35 bits per heavy atom. The van der Waals surface area contributed by atoms with Gasteiger partial charge in [-0.3, -0.25) is 9.59 Å². The van der Waals surface area contributed by atoms with E-state index in [0.29, 0.717) is 19.6 Å². The highest BCUT2D eigenvalue weighted by Gasteiger charge is 2.28. The molecule has 1 N–H and O–H groups in total. The van der Waals surface area contributed by atoms with E-state index in [0.717, 1.165) is 30.6 Å². The van der Waals surface area contributed by atoms with Crippen LogP contribution in [0.2, 0.25) is 0 Å². The third-order valence-electron chi connectivity index (χ3n) is 4.53. The molecule has 0 spiro atoms. The van der Waals surface area contributed by atoms with E-state index in [1.807, 2.05) is 17.1 Å². The Morgan fingerprint density at radius 3 is 3.04 bits per heavy atom. The molecule has 3 aromatic heterocycles. The van der Waals surface area contributed by atoms with E-state index in [4.69, 9.17) is 0 Å². The quantitative estimate of drug-likeness (QED) is 0.750. The molecular weight excluding hydrogens is 352 g/mol. The number of aromatic amines is 1. The SMILES string of the molecule is O=C(c1c[nH]c(=O)cn1)N1CCC[C@@H](c2nccn2Cc2cscn2)C1. The van der Waals surface area contributed by atoms with Gasteiger partial charge in [-0.05, 0) is 12.8 Å². The predicted molar refractivity (Wildman–Crippen MR) is 96.2 cm³/mol. The van der Waals surface area contributed by atoms with Gasteiger partial charge in [0.25, 0.3) is 11.5 Å². The van der Waals surface area contributed by atoms with Crippen LogP contribution in [0.3, 0.4) is 0 Å². The Hall–Kier alpha value is -2.81. The molecule has 1 aliphatic heterocycles. The molecule has 1 fully saturated rings. The highest BCUT2D eigenvalue weighted by molar-refractivity contribution is 7.07. The summed E-state index contributed by atoms with van der Waals surface area (Å²) in [5.41, 5.74) is 2.78. The first-order chi connectivity index (χ1) is 12.7. The van der Waals surface area contributed by atoms with Crippen molar-refractivity contribution in [2.75, 3.05) is 13.1 Å². The summed E-state index contributed by atoms with van der Waals surface area (Å²) in [5, 5.41) is 2.03. The molecule has 9 heteroatoms. The Bertz CT molecular complexity index is 928. The normalized spacial score (nSPS) is 17.4. The maximum Gasteiger partial charge on any atom is 0.273 e. The van der Waals surface area contributed by atoms with E-state index in [-0.39, 0.29) is 23.1 Å². The van der Waals surface area contributed by atoms with Gasteiger partial charge < -0.3 is 14.5 Å². The Kier molecular flexibility index (Phi) is 4.61. The topological polar surface area (TPSA) is 96.8 Å². The number of nitrogens with one attached hydrogen (secondary N) is 1. The molecule has 8 nitrogen and oxygen atoms in total. The number of H-pyrrole nitrogens is 1. The number of thiazole rings is 1. The molecule has 1 atom stereocenters. The number of hydrogen-bond donors (Lipinski definition) is 1. The molecule has 0 saturated carbocycles. The summed E-state index contributed by atoms with van der Waals surface area (Å²) >= 11 is 1.58. The minimum atomic E-state index is -0.317. The van der Waals surface area contributed by atoms with Gasteiger partial charge in [-0.2, -0.15) is 0 Å². The molecule has 3 aromatic rings. The van der Waals surface area contributed by atoms with Crippen molar-refractivity contribution in [3.05, 3.63) is 63.2 Å². The first-order valence-electron chi connectivity index (χ1n) is 8.43. The number of hydrogen-bond acceptors (Lipinski definition) is 6. The minimum Gasteiger partial charge on any atom is -0.337 e. The van der Waals surface area contributed by atoms with E-state index >= 15 is 0 Å². The van der Waals surface area contributed by atoms with Gasteiger partial charge in [0.15, 0.2) is 0 Å². The van der Waals surface area contributed by atoms with Gasteiger partial charge in [0, 0.05) is 43.0 Å². The lowest BCUT2D eigenvalue weighted by molar-refractivity contribution is 0.0697. The molecule has 134 valence electrons. The van der Waals surface area contributed by atoms with Crippen molar-refractivity contribution in [3.63, 3.8) is 0 Å². The van der Waals surface area contributed by atoms with Crippen LogP contribution >= 0.6 is 11.3 Å². The second-order valence-electron chi connectivity index (χ2n) is 6.28. The third kappa shape index (κ3) is 3.43. The predicted octanol–water partition coefficient (Wildman–Crippen LogP) is 1.49. The number of amides is 1. The third-order valence-corrected chi connectivity index (χ3v) is 5.16. The van der Waals surface area contributed by atoms with Gasteiger partial charge in [-0.25, -0.2) is 15.0 Å². The zero-order valence-corrected chi connectivity index (χ0v) is 14.9. The van der Waals surface area contributed by atoms with Gasteiger partial charge in [-0.15, -0.1) is 11.3 Å². The summed E-state index contributed by atoms with van der Waals surface area (Å²) in [5.74, 6) is 0.984. The van der Waals surface area contributed by atoms with E-state index in [2.05, 4.69) is 24.5 Å². The van der Waals surface area contributed by atoms with Crippen LogP contribution in [0.5, 0.6) is 0 Å². The molecule has 4 heterocycles. The Balaban J connectivity index is 1.50. The highest BCUT2D eigenvalue weighted by Crippen LogP contribution is 2.27. The smallest absolute Gasteiger partial charge is 0.273 e. The second kappa shape index (κ2) is 7.20. The van der Waals surface area contributed by atoms with Crippen LogP contribution in [0.4, 0.5) is 0 Å². The summed E-state index contributed by atoms with van der Waals surface area (Å²) in [6.45, 7) is 1.96. The minimum absolute atomic E-state index is 0.163. The van der Waals surface area contributed by atoms with Crippen molar-refractivity contribution >= 4 is 17.2 Å². The average Bonchev–Trinajstić information content (AvgIpc) is 3.34. The second-order valence-corrected chi connectivity index (χ2v) is 7.00. The zero-order valence-electron chi connectivity index (χ0n) is 14.0. The lowest BCUT2D eigenvalue weighted by Crippen LogP contribution is -2.40. The fourth-order valence-corrected chi connectivity index (χ4v) is 3.85. The van der Waals surface area contributed by atoms with Crippen LogP contribution in [0.15, 0.2) is 40.5 Å². The van der Waals surface area contributed by atoms with Crippen molar-refractivity contribution < 1.29 is 4.79 Å². The standard InChI is InChI=1S/C17H18N6O2S/c24-15-7-19-14(6-20-15)17(25)23-4-1-2-12(8-23)16-18-3-5-22(16)9-13-10-26-11-21-13/h3,5-7,10-12H,1-2,4,8-9H2,(H,20,24)/t12-/m1/s1. The summed E-state index contributed by atoms with van der Waals surface area (Å²) in [4.78, 5) is 40.9. The van der Waals surface area contributed by atoms with Gasteiger partial charge in [0.2, 0.25) is 0 Å². The Labute approximate surface area is 153 Å². The van der Waals surface area contributed by atoms with Gasteiger partial charge >= 0.3 is 0 Å². The Morgan fingerprint density at radius 2 is 2.27 bits per heavy atom. The van der Waals surface area contributed by atoms with E-state index in [1.165, 1.54) is 6.20 Å². The number of rotatable bonds is 4. The lowest BCUT2D eigenvalue weighted by atomic mass is 9.96. The van der Waals surface area contributed by atoms with E-state index in [1.54, 1.807) is 22.4 Å². The monoisotopic (exact) mass is 370 g/mol. The average molecular weight is 370 g/mol. The fraction of sp³-hybridized carbons (Fsp3) is 0.353. The first-order valence-corrected chi connectivity index (χ1v) is 9.37. The van der Waals surface area contributed by atoms with E-state index < -0.39 is 0 Å². The maximum absolute atomic E-state index is 12.7. The zero-order chi connectivity index (χ0) is 17.9. The van der Waals surface area contributed by atoms with Crippen LogP contribution in [-0.2, 0) is 6.54 Å². The summed E-state index contributed by atoms with van der Waals surface area (Å²) < 4.78 is 2.10. The van der Waals surface area contributed by atoms with Crippen LogP contribution < -0.4 is 5.56 Å². The molecule has 1 amide bonds. The summed E-state index contributed by atoms with van der Waals surface area (Å²) in [6, 6.07) is 0. The van der Waals surface area contributed by atoms with Gasteiger partial charge in [0.1, 0.15) is 11.5 Å². The largest absolute Gasteiger partial charge is 0.337 e. The first kappa shape index (κ1) is 16.6. The molecule has 4 rings (SSSR count).